The Bertz CT molecular complexity index is 594. The third-order valence-electron chi connectivity index (χ3n) is 3.89. The Morgan fingerprint density at radius 2 is 2.22 bits per heavy atom. The zero-order chi connectivity index (χ0) is 13.0. The fraction of sp³-hybridized carbons (Fsp3) is 0.500. The van der Waals surface area contributed by atoms with Gasteiger partial charge in [0.1, 0.15) is 0 Å². The number of halogens is 1. The first-order valence-corrected chi connectivity index (χ1v) is 8.14. The summed E-state index contributed by atoms with van der Waals surface area (Å²) < 4.78 is 25.3. The van der Waals surface area contributed by atoms with Gasteiger partial charge in [-0.05, 0) is 36.7 Å². The van der Waals surface area contributed by atoms with Gasteiger partial charge < -0.3 is 5.32 Å². The fourth-order valence-corrected chi connectivity index (χ4v) is 4.17. The van der Waals surface area contributed by atoms with Gasteiger partial charge in [0.15, 0.2) is 0 Å². The fourth-order valence-electron chi connectivity index (χ4n) is 3.00. The summed E-state index contributed by atoms with van der Waals surface area (Å²) in [5.74, 6) is 0. The Labute approximate surface area is 112 Å². The molecule has 18 heavy (non-hydrogen) atoms. The number of nitrogens with zero attached hydrogens (tertiary/aromatic N) is 1. The van der Waals surface area contributed by atoms with Gasteiger partial charge in [-0.25, -0.2) is 8.42 Å². The molecule has 1 fully saturated rings. The van der Waals surface area contributed by atoms with Gasteiger partial charge in [-0.1, -0.05) is 11.6 Å². The molecule has 2 heterocycles. The number of anilines is 1. The summed E-state index contributed by atoms with van der Waals surface area (Å²) in [6.07, 6.45) is 2.21. The van der Waals surface area contributed by atoms with Gasteiger partial charge in [0.25, 0.3) is 0 Å². The van der Waals surface area contributed by atoms with Gasteiger partial charge in [-0.15, -0.1) is 0 Å². The van der Waals surface area contributed by atoms with Crippen molar-refractivity contribution in [3.63, 3.8) is 0 Å². The highest BCUT2D eigenvalue weighted by molar-refractivity contribution is 7.92. The molecule has 6 heteroatoms. The minimum Gasteiger partial charge on any atom is -0.316 e. The van der Waals surface area contributed by atoms with Crippen LogP contribution < -0.4 is 9.62 Å². The maximum absolute atomic E-state index is 11.9. The van der Waals surface area contributed by atoms with Gasteiger partial charge in [-0.2, -0.15) is 0 Å². The lowest BCUT2D eigenvalue weighted by Gasteiger charge is -2.23. The summed E-state index contributed by atoms with van der Waals surface area (Å²) >= 11 is 6.06. The quantitative estimate of drug-likeness (QED) is 0.848. The normalized spacial score (nSPS) is 26.9. The molecule has 98 valence electrons. The third-order valence-corrected chi connectivity index (χ3v) is 5.25. The van der Waals surface area contributed by atoms with Gasteiger partial charge in [0, 0.05) is 23.5 Å². The van der Waals surface area contributed by atoms with Crippen LogP contribution in [0.4, 0.5) is 5.69 Å². The Morgan fingerprint density at radius 1 is 1.44 bits per heavy atom. The molecule has 0 saturated carbocycles. The number of hydrogen-bond acceptors (Lipinski definition) is 3. The van der Waals surface area contributed by atoms with E-state index in [0.717, 1.165) is 30.8 Å². The molecule has 0 aliphatic carbocycles. The van der Waals surface area contributed by atoms with Gasteiger partial charge in [0.2, 0.25) is 10.0 Å². The number of sulfonamides is 1. The largest absolute Gasteiger partial charge is 0.316 e. The summed E-state index contributed by atoms with van der Waals surface area (Å²) in [5, 5.41) is 3.99. The maximum atomic E-state index is 11.9. The Balaban J connectivity index is 2.19. The van der Waals surface area contributed by atoms with Crippen LogP contribution in [0.3, 0.4) is 0 Å². The van der Waals surface area contributed by atoms with Crippen molar-refractivity contribution >= 4 is 27.3 Å². The predicted octanol–water partition coefficient (Wildman–Crippen LogP) is 1.35. The average molecular weight is 287 g/mol. The molecule has 1 N–H and O–H groups in total. The van der Waals surface area contributed by atoms with Crippen LogP contribution >= 0.6 is 11.6 Å². The van der Waals surface area contributed by atoms with Crippen molar-refractivity contribution in [2.45, 2.75) is 11.8 Å². The summed E-state index contributed by atoms with van der Waals surface area (Å²) in [6, 6.07) is 5.47. The Hall–Kier alpha value is -0.780. The van der Waals surface area contributed by atoms with Crippen LogP contribution in [0, 0.1) is 0 Å². The number of hydrogen-bond donors (Lipinski definition) is 1. The summed E-state index contributed by atoms with van der Waals surface area (Å²) in [6.45, 7) is 2.25. The third kappa shape index (κ3) is 1.73. The minimum atomic E-state index is -3.23. The van der Waals surface area contributed by atoms with Crippen LogP contribution in [-0.2, 0) is 15.4 Å². The molecule has 1 spiro atoms. The second kappa shape index (κ2) is 3.85. The lowest BCUT2D eigenvalue weighted by Crippen LogP contribution is -2.37. The molecule has 1 atom stereocenters. The molecule has 0 bridgehead atoms. The standard InChI is InChI=1S/C12H15ClN2O2S/c1-18(16,17)15-8-12(4-5-14-7-12)10-6-9(13)2-3-11(10)15/h2-3,6,14H,4-5,7-8H2,1H3. The first-order valence-electron chi connectivity index (χ1n) is 5.91. The van der Waals surface area contributed by atoms with Crippen molar-refractivity contribution in [2.24, 2.45) is 0 Å². The molecule has 3 rings (SSSR count). The van der Waals surface area contributed by atoms with E-state index in [1.807, 2.05) is 12.1 Å². The number of rotatable bonds is 1. The first-order chi connectivity index (χ1) is 8.42. The van der Waals surface area contributed by atoms with E-state index in [0.29, 0.717) is 11.6 Å². The highest BCUT2D eigenvalue weighted by Crippen LogP contribution is 2.46. The topological polar surface area (TPSA) is 49.4 Å². The lowest BCUT2D eigenvalue weighted by atomic mass is 9.82. The molecule has 2 aliphatic heterocycles. The van der Waals surface area contributed by atoms with Crippen LogP contribution in [-0.4, -0.2) is 34.3 Å². The van der Waals surface area contributed by atoms with E-state index in [1.54, 1.807) is 6.07 Å². The number of fused-ring (bicyclic) bond motifs is 2. The molecule has 1 aromatic carbocycles. The van der Waals surface area contributed by atoms with Crippen LogP contribution in [0.15, 0.2) is 18.2 Å². The van der Waals surface area contributed by atoms with E-state index in [1.165, 1.54) is 10.6 Å². The van der Waals surface area contributed by atoms with Crippen molar-refractivity contribution in [3.8, 4) is 0 Å². The van der Waals surface area contributed by atoms with Crippen molar-refractivity contribution < 1.29 is 8.42 Å². The van der Waals surface area contributed by atoms with E-state index in [9.17, 15) is 8.42 Å². The molecule has 0 radical (unpaired) electrons. The molecular formula is C12H15ClN2O2S. The SMILES string of the molecule is CS(=O)(=O)N1CC2(CCNC2)c2cc(Cl)ccc21. The molecular weight excluding hydrogens is 272 g/mol. The monoisotopic (exact) mass is 286 g/mol. The summed E-state index contributed by atoms with van der Waals surface area (Å²) in [5.41, 5.74) is 1.74. The second-order valence-corrected chi connectivity index (χ2v) is 7.48. The van der Waals surface area contributed by atoms with Gasteiger partial charge >= 0.3 is 0 Å². The molecule has 0 aromatic heterocycles. The van der Waals surface area contributed by atoms with Crippen molar-refractivity contribution in [1.29, 1.82) is 0 Å². The Kier molecular flexibility index (Phi) is 2.63. The second-order valence-electron chi connectivity index (χ2n) is 5.14. The predicted molar refractivity (Wildman–Crippen MR) is 72.8 cm³/mol. The highest BCUT2D eigenvalue weighted by atomic mass is 35.5. The molecule has 0 amide bonds. The van der Waals surface area contributed by atoms with E-state index < -0.39 is 10.0 Å². The first kappa shape index (κ1) is 12.3. The molecule has 1 saturated heterocycles. The minimum absolute atomic E-state index is 0.108. The number of nitrogens with one attached hydrogen (secondary N) is 1. The maximum Gasteiger partial charge on any atom is 0.232 e. The molecule has 2 aliphatic rings. The smallest absolute Gasteiger partial charge is 0.232 e. The van der Waals surface area contributed by atoms with E-state index in [4.69, 9.17) is 11.6 Å². The van der Waals surface area contributed by atoms with Gasteiger partial charge in [-0.3, -0.25) is 4.31 Å². The summed E-state index contributed by atoms with van der Waals surface area (Å²) in [7, 11) is -3.23. The molecule has 1 aromatic rings. The molecule has 1 unspecified atom stereocenters. The van der Waals surface area contributed by atoms with E-state index >= 15 is 0 Å². The van der Waals surface area contributed by atoms with Crippen LogP contribution in [0.2, 0.25) is 5.02 Å². The van der Waals surface area contributed by atoms with Crippen molar-refractivity contribution in [3.05, 3.63) is 28.8 Å². The Morgan fingerprint density at radius 3 is 2.83 bits per heavy atom. The summed E-state index contributed by atoms with van der Waals surface area (Å²) in [4.78, 5) is 0. The zero-order valence-corrected chi connectivity index (χ0v) is 11.7. The zero-order valence-electron chi connectivity index (χ0n) is 10.1. The number of benzene rings is 1. The van der Waals surface area contributed by atoms with Crippen LogP contribution in [0.5, 0.6) is 0 Å². The average Bonchev–Trinajstić information content (AvgIpc) is 2.86. The van der Waals surface area contributed by atoms with Crippen molar-refractivity contribution in [2.75, 3.05) is 30.2 Å². The van der Waals surface area contributed by atoms with Crippen LogP contribution in [0.25, 0.3) is 0 Å². The van der Waals surface area contributed by atoms with E-state index in [2.05, 4.69) is 5.32 Å². The van der Waals surface area contributed by atoms with E-state index in [-0.39, 0.29) is 5.41 Å². The van der Waals surface area contributed by atoms with Crippen LogP contribution in [0.1, 0.15) is 12.0 Å². The van der Waals surface area contributed by atoms with Crippen molar-refractivity contribution in [1.82, 2.24) is 5.32 Å². The lowest BCUT2D eigenvalue weighted by molar-refractivity contribution is 0.507. The molecule has 4 nitrogen and oxygen atoms in total. The van der Waals surface area contributed by atoms with Gasteiger partial charge in [0.05, 0.1) is 11.9 Å². The highest BCUT2D eigenvalue weighted by Gasteiger charge is 2.47.